The Bertz CT molecular complexity index is 1480. The molecule has 3 aromatic carbocycles. The van der Waals surface area contributed by atoms with E-state index in [2.05, 4.69) is 21.2 Å². The van der Waals surface area contributed by atoms with E-state index in [0.717, 1.165) is 10.0 Å². The Balaban J connectivity index is 1.70. The smallest absolute Gasteiger partial charge is 0.317 e. The number of hydrogen-bond acceptors (Lipinski definition) is 5. The summed E-state index contributed by atoms with van der Waals surface area (Å²) in [5.74, 6) is -1.53. The lowest BCUT2D eigenvalue weighted by Gasteiger charge is -2.20. The average Bonchev–Trinajstić information content (AvgIpc) is 2.93. The van der Waals surface area contributed by atoms with Crippen molar-refractivity contribution < 1.29 is 23.5 Å². The van der Waals surface area contributed by atoms with Crippen LogP contribution in [-0.4, -0.2) is 36.9 Å². The molecule has 202 valence electrons. The molecule has 0 saturated carbocycles. The summed E-state index contributed by atoms with van der Waals surface area (Å²) < 4.78 is 25.4. The number of esters is 1. The van der Waals surface area contributed by atoms with Crippen LogP contribution >= 0.6 is 15.9 Å². The van der Waals surface area contributed by atoms with Crippen molar-refractivity contribution >= 4 is 38.7 Å². The number of benzene rings is 3. The first-order chi connectivity index (χ1) is 18.8. The van der Waals surface area contributed by atoms with Gasteiger partial charge < -0.3 is 14.8 Å². The van der Waals surface area contributed by atoms with E-state index >= 15 is 0 Å². The van der Waals surface area contributed by atoms with Gasteiger partial charge >= 0.3 is 5.97 Å². The number of rotatable bonds is 10. The second-order valence-electron chi connectivity index (χ2n) is 9.16. The van der Waals surface area contributed by atoms with Crippen molar-refractivity contribution in [2.45, 2.75) is 39.0 Å². The fourth-order valence-corrected chi connectivity index (χ4v) is 4.83. The number of alkyl halides is 1. The van der Waals surface area contributed by atoms with E-state index < -0.39 is 18.2 Å². The van der Waals surface area contributed by atoms with Crippen molar-refractivity contribution in [3.63, 3.8) is 0 Å². The summed E-state index contributed by atoms with van der Waals surface area (Å²) >= 11 is 3.50. The number of amides is 1. The number of pyridine rings is 1. The molecule has 1 aromatic heterocycles. The zero-order chi connectivity index (χ0) is 27.9. The molecule has 0 fully saturated rings. The molecule has 0 aliphatic carbocycles. The summed E-state index contributed by atoms with van der Waals surface area (Å²) in [5.41, 5.74) is 3.95. The van der Waals surface area contributed by atoms with Crippen molar-refractivity contribution in [2.75, 3.05) is 13.7 Å². The highest BCUT2D eigenvalue weighted by Crippen LogP contribution is 2.31. The molecule has 2 unspecified atom stereocenters. The third-order valence-corrected chi connectivity index (χ3v) is 6.97. The van der Waals surface area contributed by atoms with Crippen LogP contribution in [0.15, 0.2) is 77.3 Å². The molecule has 1 heterocycles. The first kappa shape index (κ1) is 28.2. The minimum atomic E-state index is -1.72. The minimum Gasteiger partial charge on any atom is -0.497 e. The van der Waals surface area contributed by atoms with Crippen molar-refractivity contribution in [1.82, 2.24) is 10.3 Å². The maximum absolute atomic E-state index is 14.2. The summed E-state index contributed by atoms with van der Waals surface area (Å²) in [6.07, 6.45) is -1.09. The largest absolute Gasteiger partial charge is 0.497 e. The van der Waals surface area contributed by atoms with Crippen LogP contribution in [0.5, 0.6) is 5.75 Å². The van der Waals surface area contributed by atoms with Gasteiger partial charge in [0.05, 0.1) is 29.8 Å². The van der Waals surface area contributed by atoms with Crippen LogP contribution in [0.2, 0.25) is 0 Å². The number of methoxy groups -OCH3 is 1. The van der Waals surface area contributed by atoms with Crippen LogP contribution < -0.4 is 10.1 Å². The number of halogens is 2. The number of ether oxygens (including phenoxy) is 2. The molecule has 1 N–H and O–H groups in total. The van der Waals surface area contributed by atoms with Gasteiger partial charge in [-0.3, -0.25) is 9.59 Å². The van der Waals surface area contributed by atoms with Crippen molar-refractivity contribution in [3.05, 3.63) is 94.0 Å². The van der Waals surface area contributed by atoms with E-state index in [-0.39, 0.29) is 18.9 Å². The van der Waals surface area contributed by atoms with Crippen LogP contribution in [-0.2, 0) is 9.53 Å². The Labute approximate surface area is 235 Å². The summed E-state index contributed by atoms with van der Waals surface area (Å²) in [6, 6.07) is 22.1. The number of aromatic nitrogens is 1. The molecule has 0 spiro atoms. The summed E-state index contributed by atoms with van der Waals surface area (Å²) in [4.78, 5) is 31.7. The predicted molar refractivity (Wildman–Crippen MR) is 154 cm³/mol. The summed E-state index contributed by atoms with van der Waals surface area (Å²) in [7, 11) is 1.52. The average molecular weight is 593 g/mol. The van der Waals surface area contributed by atoms with Gasteiger partial charge in [-0.1, -0.05) is 65.3 Å². The number of nitrogens with zero attached hydrogens (tertiary/aromatic N) is 1. The third-order valence-electron chi connectivity index (χ3n) is 6.47. The molecule has 39 heavy (non-hydrogen) atoms. The first-order valence-electron chi connectivity index (χ1n) is 12.7. The monoisotopic (exact) mass is 592 g/mol. The Kier molecular flexibility index (Phi) is 9.30. The van der Waals surface area contributed by atoms with Gasteiger partial charge in [-0.15, -0.1) is 0 Å². The number of fused-ring (bicyclic) bond motifs is 1. The first-order valence-corrected chi connectivity index (χ1v) is 13.5. The SMILES string of the molecule is CCCC(F)OC(=O)C(CNC(=O)c1c(C)c(-c2ccccc2)nc2ccc(Br)cc12)c1cccc(OC)c1. The maximum Gasteiger partial charge on any atom is 0.317 e. The third kappa shape index (κ3) is 6.63. The second kappa shape index (κ2) is 12.8. The molecule has 2 atom stereocenters. The van der Waals surface area contributed by atoms with Crippen molar-refractivity contribution in [3.8, 4) is 17.0 Å². The summed E-state index contributed by atoms with van der Waals surface area (Å²) in [5, 5.41) is 3.58. The highest BCUT2D eigenvalue weighted by molar-refractivity contribution is 9.10. The van der Waals surface area contributed by atoms with E-state index in [9.17, 15) is 14.0 Å². The maximum atomic E-state index is 14.2. The fourth-order valence-electron chi connectivity index (χ4n) is 4.47. The standard InChI is InChI=1S/C31H30BrFN2O4/c1-4-9-27(33)39-31(37)25(21-12-8-13-23(16-21)38-3)18-34-30(36)28-19(2)29(20-10-6-5-7-11-20)35-26-15-14-22(32)17-24(26)28/h5-8,10-17,25,27H,4,9,18H2,1-3H3,(H,34,36). The lowest BCUT2D eigenvalue weighted by atomic mass is 9.96. The topological polar surface area (TPSA) is 77.5 Å². The highest BCUT2D eigenvalue weighted by Gasteiger charge is 2.27. The van der Waals surface area contributed by atoms with E-state index in [1.807, 2.05) is 62.4 Å². The Morgan fingerprint density at radius 3 is 2.54 bits per heavy atom. The minimum absolute atomic E-state index is 0.0956. The van der Waals surface area contributed by atoms with E-state index in [1.165, 1.54) is 7.11 Å². The van der Waals surface area contributed by atoms with E-state index in [4.69, 9.17) is 14.5 Å². The van der Waals surface area contributed by atoms with Crippen molar-refractivity contribution in [2.24, 2.45) is 0 Å². The summed E-state index contributed by atoms with van der Waals surface area (Å²) in [6.45, 7) is 3.57. The normalized spacial score (nSPS) is 12.5. The molecule has 6 nitrogen and oxygen atoms in total. The van der Waals surface area contributed by atoms with Gasteiger partial charge in [0.15, 0.2) is 0 Å². The van der Waals surface area contributed by atoms with E-state index in [0.29, 0.717) is 45.5 Å². The molecule has 8 heteroatoms. The Morgan fingerprint density at radius 2 is 1.82 bits per heavy atom. The van der Waals surface area contributed by atoms with Crippen LogP contribution in [0.25, 0.3) is 22.2 Å². The zero-order valence-electron chi connectivity index (χ0n) is 22.0. The van der Waals surface area contributed by atoms with E-state index in [1.54, 1.807) is 24.3 Å². The lowest BCUT2D eigenvalue weighted by Crippen LogP contribution is -2.34. The zero-order valence-corrected chi connectivity index (χ0v) is 23.6. The Hall–Kier alpha value is -3.78. The predicted octanol–water partition coefficient (Wildman–Crippen LogP) is 7.13. The van der Waals surface area contributed by atoms with Gasteiger partial charge in [0, 0.05) is 28.4 Å². The molecule has 1 amide bonds. The number of carbonyl (C=O) groups excluding carboxylic acids is 2. The van der Waals surface area contributed by atoms with Gasteiger partial charge in [-0.05, 0) is 54.8 Å². The number of nitrogens with one attached hydrogen (secondary N) is 1. The molecule has 0 aliphatic rings. The second-order valence-corrected chi connectivity index (χ2v) is 10.1. The highest BCUT2D eigenvalue weighted by atomic mass is 79.9. The fraction of sp³-hybridized carbons (Fsp3) is 0.258. The molecule has 0 saturated heterocycles. The van der Waals surface area contributed by atoms with Gasteiger partial charge in [-0.25, -0.2) is 9.37 Å². The number of hydrogen-bond donors (Lipinski definition) is 1. The lowest BCUT2D eigenvalue weighted by molar-refractivity contribution is -0.160. The Morgan fingerprint density at radius 1 is 1.05 bits per heavy atom. The number of carbonyl (C=O) groups is 2. The van der Waals surface area contributed by atoms with Crippen LogP contribution in [0.3, 0.4) is 0 Å². The quantitative estimate of drug-likeness (QED) is 0.198. The molecular weight excluding hydrogens is 563 g/mol. The van der Waals surface area contributed by atoms with Crippen LogP contribution in [0, 0.1) is 6.92 Å². The molecule has 0 radical (unpaired) electrons. The molecule has 4 aromatic rings. The molecular formula is C31H30BrFN2O4. The van der Waals surface area contributed by atoms with Gasteiger partial charge in [0.1, 0.15) is 5.75 Å². The van der Waals surface area contributed by atoms with Gasteiger partial charge in [-0.2, -0.15) is 0 Å². The van der Waals surface area contributed by atoms with Crippen molar-refractivity contribution in [1.29, 1.82) is 0 Å². The van der Waals surface area contributed by atoms with Gasteiger partial charge in [0.2, 0.25) is 6.36 Å². The molecule has 0 aliphatic heterocycles. The van der Waals surface area contributed by atoms with Crippen LogP contribution in [0.1, 0.15) is 47.2 Å². The molecule has 0 bridgehead atoms. The van der Waals surface area contributed by atoms with Gasteiger partial charge in [0.25, 0.3) is 5.91 Å². The van der Waals surface area contributed by atoms with Crippen LogP contribution in [0.4, 0.5) is 4.39 Å². The molecule has 4 rings (SSSR count).